The highest BCUT2D eigenvalue weighted by Gasteiger charge is 2.04. The molecule has 16 heavy (non-hydrogen) atoms. The van der Waals surface area contributed by atoms with Crippen molar-refractivity contribution in [1.29, 1.82) is 0 Å². The predicted molar refractivity (Wildman–Crippen MR) is 65.5 cm³/mol. The molecule has 3 rings (SSSR count). The lowest BCUT2D eigenvalue weighted by molar-refractivity contribution is -0.594. The van der Waals surface area contributed by atoms with E-state index in [0.29, 0.717) is 0 Å². The molecule has 0 unspecified atom stereocenters. The first-order chi connectivity index (χ1) is 7.93. The monoisotopic (exact) mass is 206 g/mol. The highest BCUT2D eigenvalue weighted by atomic mass is 14.9. The summed E-state index contributed by atoms with van der Waals surface area (Å²) in [5.41, 5.74) is 1.19. The summed E-state index contributed by atoms with van der Waals surface area (Å²) in [5, 5.41) is 2.53. The van der Waals surface area contributed by atoms with Gasteiger partial charge in [-0.25, -0.2) is 0 Å². The maximum Gasteiger partial charge on any atom is 0.210 e. The van der Waals surface area contributed by atoms with Crippen LogP contribution in [0.2, 0.25) is 0 Å². The number of fused-ring (bicyclic) bond motifs is 1. The number of para-hydroxylation sites is 1. The Kier molecular flexibility index (Phi) is 2.15. The van der Waals surface area contributed by atoms with Crippen LogP contribution in [0.4, 0.5) is 0 Å². The molecule has 0 aliphatic carbocycles. The van der Waals surface area contributed by atoms with E-state index in [0.717, 1.165) is 0 Å². The summed E-state index contributed by atoms with van der Waals surface area (Å²) in [4.78, 5) is 0. The number of rotatable bonds is 1. The van der Waals surface area contributed by atoms with E-state index in [1.165, 1.54) is 16.5 Å². The summed E-state index contributed by atoms with van der Waals surface area (Å²) in [6.07, 6.45) is 4.25. The molecule has 0 radical (unpaired) electrons. The first kappa shape index (κ1) is 9.10. The quantitative estimate of drug-likeness (QED) is 0.539. The molecule has 0 fully saturated rings. The van der Waals surface area contributed by atoms with Crippen LogP contribution in [-0.4, -0.2) is 0 Å². The SMILES string of the molecule is c1ccc(-[n+]2ccc3ccccc3c2)cc1. The van der Waals surface area contributed by atoms with Crippen molar-refractivity contribution in [2.24, 2.45) is 0 Å². The van der Waals surface area contributed by atoms with Crippen molar-refractivity contribution >= 4 is 10.8 Å². The molecule has 1 aromatic heterocycles. The average Bonchev–Trinajstić information content (AvgIpc) is 2.39. The molecule has 0 atom stereocenters. The van der Waals surface area contributed by atoms with E-state index in [2.05, 4.69) is 71.6 Å². The second-order valence-electron chi connectivity index (χ2n) is 3.82. The molecular formula is C15H12N+. The van der Waals surface area contributed by atoms with Gasteiger partial charge in [-0.3, -0.25) is 0 Å². The smallest absolute Gasteiger partial charge is 0.167 e. The third-order valence-electron chi connectivity index (χ3n) is 2.74. The van der Waals surface area contributed by atoms with Gasteiger partial charge >= 0.3 is 0 Å². The Hall–Kier alpha value is -2.15. The molecule has 0 N–H and O–H groups in total. The van der Waals surface area contributed by atoms with Crippen molar-refractivity contribution in [1.82, 2.24) is 0 Å². The number of pyridine rings is 1. The van der Waals surface area contributed by atoms with Gasteiger partial charge in [0, 0.05) is 23.6 Å². The molecule has 1 heteroatoms. The van der Waals surface area contributed by atoms with Gasteiger partial charge in [0.2, 0.25) is 5.69 Å². The fraction of sp³-hybridized carbons (Fsp3) is 0. The zero-order valence-corrected chi connectivity index (χ0v) is 8.88. The van der Waals surface area contributed by atoms with Crippen LogP contribution in [-0.2, 0) is 0 Å². The molecule has 1 heterocycles. The Bertz CT molecular complexity index is 614. The van der Waals surface area contributed by atoms with Crippen molar-refractivity contribution in [2.45, 2.75) is 0 Å². The Morgan fingerprint density at radius 2 is 1.31 bits per heavy atom. The second-order valence-corrected chi connectivity index (χ2v) is 3.82. The third kappa shape index (κ3) is 1.57. The summed E-state index contributed by atoms with van der Waals surface area (Å²) in [6, 6.07) is 20.9. The maximum absolute atomic E-state index is 2.16. The highest BCUT2D eigenvalue weighted by Crippen LogP contribution is 2.10. The lowest BCUT2D eigenvalue weighted by Gasteiger charge is -1.97. The van der Waals surface area contributed by atoms with Gasteiger partial charge in [0.1, 0.15) is 0 Å². The van der Waals surface area contributed by atoms with Crippen LogP contribution in [0, 0.1) is 0 Å². The zero-order chi connectivity index (χ0) is 10.8. The van der Waals surface area contributed by atoms with E-state index in [1.807, 2.05) is 6.07 Å². The molecular weight excluding hydrogens is 194 g/mol. The second kappa shape index (κ2) is 3.78. The van der Waals surface area contributed by atoms with Crippen LogP contribution in [0.3, 0.4) is 0 Å². The Morgan fingerprint density at radius 1 is 0.625 bits per heavy atom. The molecule has 0 spiro atoms. The van der Waals surface area contributed by atoms with Crippen LogP contribution in [0.5, 0.6) is 0 Å². The molecule has 0 bridgehead atoms. The predicted octanol–water partition coefficient (Wildman–Crippen LogP) is 3.12. The summed E-state index contributed by atoms with van der Waals surface area (Å²) < 4.78 is 2.14. The van der Waals surface area contributed by atoms with Gasteiger partial charge < -0.3 is 0 Å². The van der Waals surface area contributed by atoms with Gasteiger partial charge in [-0.15, -0.1) is 0 Å². The fourth-order valence-electron chi connectivity index (χ4n) is 1.89. The third-order valence-corrected chi connectivity index (χ3v) is 2.74. The van der Waals surface area contributed by atoms with E-state index in [1.54, 1.807) is 0 Å². The van der Waals surface area contributed by atoms with Crippen molar-refractivity contribution in [3.8, 4) is 5.69 Å². The van der Waals surface area contributed by atoms with Crippen molar-refractivity contribution in [3.05, 3.63) is 73.1 Å². The number of nitrogens with zero attached hydrogens (tertiary/aromatic N) is 1. The van der Waals surface area contributed by atoms with Crippen molar-refractivity contribution in [3.63, 3.8) is 0 Å². The van der Waals surface area contributed by atoms with Gasteiger partial charge in [0.15, 0.2) is 12.4 Å². The van der Waals surface area contributed by atoms with Crippen LogP contribution in [0.1, 0.15) is 0 Å². The van der Waals surface area contributed by atoms with E-state index in [-0.39, 0.29) is 0 Å². The van der Waals surface area contributed by atoms with Crippen LogP contribution in [0.25, 0.3) is 16.5 Å². The van der Waals surface area contributed by atoms with E-state index in [4.69, 9.17) is 0 Å². The molecule has 0 aliphatic heterocycles. The van der Waals surface area contributed by atoms with Crippen LogP contribution >= 0.6 is 0 Å². The lowest BCUT2D eigenvalue weighted by atomic mass is 10.2. The normalized spacial score (nSPS) is 10.5. The summed E-state index contributed by atoms with van der Waals surface area (Å²) in [7, 11) is 0. The van der Waals surface area contributed by atoms with Gasteiger partial charge in [-0.2, -0.15) is 4.57 Å². The minimum Gasteiger partial charge on any atom is -0.167 e. The summed E-state index contributed by atoms with van der Waals surface area (Å²) in [6.45, 7) is 0. The first-order valence-corrected chi connectivity index (χ1v) is 5.39. The molecule has 0 aliphatic rings. The molecule has 76 valence electrons. The molecule has 2 aromatic carbocycles. The Morgan fingerprint density at radius 3 is 2.12 bits per heavy atom. The molecule has 0 saturated carbocycles. The fourth-order valence-corrected chi connectivity index (χ4v) is 1.89. The molecule has 0 saturated heterocycles. The van der Waals surface area contributed by atoms with E-state index in [9.17, 15) is 0 Å². The summed E-state index contributed by atoms with van der Waals surface area (Å²) >= 11 is 0. The van der Waals surface area contributed by atoms with Gasteiger partial charge in [0.25, 0.3) is 0 Å². The van der Waals surface area contributed by atoms with Gasteiger partial charge in [-0.05, 0) is 11.5 Å². The minimum atomic E-state index is 1.19. The van der Waals surface area contributed by atoms with Crippen LogP contribution < -0.4 is 4.57 Å². The highest BCUT2D eigenvalue weighted by molar-refractivity contribution is 5.80. The number of hydrogen-bond acceptors (Lipinski definition) is 0. The van der Waals surface area contributed by atoms with Gasteiger partial charge in [0.05, 0.1) is 0 Å². The molecule has 3 aromatic rings. The average molecular weight is 206 g/mol. The minimum absolute atomic E-state index is 1.19. The summed E-state index contributed by atoms with van der Waals surface area (Å²) in [5.74, 6) is 0. The Labute approximate surface area is 94.6 Å². The zero-order valence-electron chi connectivity index (χ0n) is 8.88. The topological polar surface area (TPSA) is 3.88 Å². The van der Waals surface area contributed by atoms with Crippen LogP contribution in [0.15, 0.2) is 73.1 Å². The van der Waals surface area contributed by atoms with Gasteiger partial charge in [-0.1, -0.05) is 36.4 Å². The Balaban J connectivity index is 2.19. The van der Waals surface area contributed by atoms with Crippen molar-refractivity contribution < 1.29 is 4.57 Å². The van der Waals surface area contributed by atoms with Crippen molar-refractivity contribution in [2.75, 3.05) is 0 Å². The van der Waals surface area contributed by atoms with E-state index >= 15 is 0 Å². The maximum atomic E-state index is 2.16. The number of benzene rings is 2. The number of aromatic nitrogens is 1. The first-order valence-electron chi connectivity index (χ1n) is 5.39. The largest absolute Gasteiger partial charge is 0.210 e. The molecule has 1 nitrogen and oxygen atoms in total. The standard InChI is InChI=1S/C15H12N/c1-2-8-15(9-3-1)16-11-10-13-6-4-5-7-14(13)12-16/h1-12H/q+1. The lowest BCUT2D eigenvalue weighted by Crippen LogP contribution is -2.28. The molecule has 0 amide bonds. The number of hydrogen-bond donors (Lipinski definition) is 0. The van der Waals surface area contributed by atoms with E-state index < -0.39 is 0 Å².